The molecule has 88 valence electrons. The van der Waals surface area contributed by atoms with Gasteiger partial charge in [-0.05, 0) is 22.8 Å². The maximum absolute atomic E-state index is 11.6. The molecule has 0 spiro atoms. The van der Waals surface area contributed by atoms with Crippen LogP contribution >= 0.6 is 0 Å². The Bertz CT molecular complexity index is 629. The van der Waals surface area contributed by atoms with Crippen molar-refractivity contribution in [3.05, 3.63) is 59.2 Å². The minimum absolute atomic E-state index is 0.0173. The van der Waals surface area contributed by atoms with E-state index in [1.165, 1.54) is 0 Å². The zero-order chi connectivity index (χ0) is 12.5. The minimum Gasteiger partial charge on any atom is -0.348 e. The molecule has 0 radical (unpaired) electrons. The van der Waals surface area contributed by atoms with E-state index in [-0.39, 0.29) is 5.91 Å². The highest BCUT2D eigenvalue weighted by molar-refractivity contribution is 5.99. The fourth-order valence-electron chi connectivity index (χ4n) is 2.15. The SMILES string of the molecule is O=Cc1ccc(-c2ccc3c(c2)C(=O)NC3)cc1. The lowest BCUT2D eigenvalue weighted by molar-refractivity contribution is 0.0965. The van der Waals surface area contributed by atoms with Gasteiger partial charge in [-0.2, -0.15) is 0 Å². The zero-order valence-corrected chi connectivity index (χ0v) is 9.64. The first-order chi connectivity index (χ1) is 8.78. The number of aldehydes is 1. The quantitative estimate of drug-likeness (QED) is 0.815. The van der Waals surface area contributed by atoms with E-state index >= 15 is 0 Å². The van der Waals surface area contributed by atoms with Gasteiger partial charge >= 0.3 is 0 Å². The van der Waals surface area contributed by atoms with Crippen LogP contribution in [0, 0.1) is 0 Å². The summed E-state index contributed by atoms with van der Waals surface area (Å²) in [5.41, 5.74) is 4.42. The Balaban J connectivity index is 2.04. The van der Waals surface area contributed by atoms with Gasteiger partial charge in [0.05, 0.1) is 0 Å². The van der Waals surface area contributed by atoms with E-state index in [1.54, 1.807) is 12.1 Å². The summed E-state index contributed by atoms with van der Waals surface area (Å²) >= 11 is 0. The van der Waals surface area contributed by atoms with E-state index in [2.05, 4.69) is 5.32 Å². The third kappa shape index (κ3) is 1.70. The summed E-state index contributed by atoms with van der Waals surface area (Å²) in [6.07, 6.45) is 0.819. The fraction of sp³-hybridized carbons (Fsp3) is 0.0667. The molecule has 1 N–H and O–H groups in total. The summed E-state index contributed by atoms with van der Waals surface area (Å²) in [4.78, 5) is 22.2. The highest BCUT2D eigenvalue weighted by Crippen LogP contribution is 2.25. The third-order valence-electron chi connectivity index (χ3n) is 3.17. The standard InChI is InChI=1S/C15H11NO2/c17-9-10-1-3-11(4-2-10)12-5-6-13-8-16-15(18)14(13)7-12/h1-7,9H,8H2,(H,16,18). The van der Waals surface area contributed by atoms with Gasteiger partial charge in [0.25, 0.3) is 5.91 Å². The van der Waals surface area contributed by atoms with Crippen LogP contribution < -0.4 is 5.32 Å². The summed E-state index contributed by atoms with van der Waals surface area (Å²) in [5, 5.41) is 2.80. The van der Waals surface area contributed by atoms with E-state index in [9.17, 15) is 9.59 Å². The zero-order valence-electron chi connectivity index (χ0n) is 9.64. The second-order valence-corrected chi connectivity index (χ2v) is 4.29. The molecule has 2 aromatic rings. The Hall–Kier alpha value is -2.42. The first-order valence-electron chi connectivity index (χ1n) is 5.75. The molecule has 1 amide bonds. The Labute approximate surface area is 104 Å². The Kier molecular flexibility index (Phi) is 2.45. The van der Waals surface area contributed by atoms with Gasteiger partial charge in [0, 0.05) is 17.7 Å². The predicted octanol–water partition coefficient (Wildman–Crippen LogP) is 2.41. The van der Waals surface area contributed by atoms with Crippen LogP contribution in [0.15, 0.2) is 42.5 Å². The Morgan fingerprint density at radius 2 is 1.72 bits per heavy atom. The molecular weight excluding hydrogens is 226 g/mol. The van der Waals surface area contributed by atoms with Crippen LogP contribution in [-0.2, 0) is 6.54 Å². The van der Waals surface area contributed by atoms with Crippen LogP contribution in [-0.4, -0.2) is 12.2 Å². The van der Waals surface area contributed by atoms with Gasteiger partial charge in [-0.1, -0.05) is 36.4 Å². The van der Waals surface area contributed by atoms with Crippen molar-refractivity contribution < 1.29 is 9.59 Å². The van der Waals surface area contributed by atoms with Crippen molar-refractivity contribution in [2.75, 3.05) is 0 Å². The van der Waals surface area contributed by atoms with E-state index in [4.69, 9.17) is 0 Å². The van der Waals surface area contributed by atoms with Crippen LogP contribution in [0.3, 0.4) is 0 Å². The smallest absolute Gasteiger partial charge is 0.251 e. The van der Waals surface area contributed by atoms with Crippen LogP contribution in [0.5, 0.6) is 0 Å². The number of hydrogen-bond acceptors (Lipinski definition) is 2. The number of hydrogen-bond donors (Lipinski definition) is 1. The number of carbonyl (C=O) groups is 2. The summed E-state index contributed by atoms with van der Waals surface area (Å²) in [6, 6.07) is 13.2. The van der Waals surface area contributed by atoms with Gasteiger partial charge < -0.3 is 5.32 Å². The van der Waals surface area contributed by atoms with Crippen molar-refractivity contribution in [3.63, 3.8) is 0 Å². The molecule has 0 atom stereocenters. The van der Waals surface area contributed by atoms with Gasteiger partial charge in [-0.3, -0.25) is 9.59 Å². The van der Waals surface area contributed by atoms with Crippen molar-refractivity contribution in [2.45, 2.75) is 6.54 Å². The first kappa shape index (κ1) is 10.7. The summed E-state index contributed by atoms with van der Waals surface area (Å²) in [5.74, 6) is -0.0173. The normalized spacial score (nSPS) is 13.0. The molecule has 0 saturated carbocycles. The largest absolute Gasteiger partial charge is 0.348 e. The number of carbonyl (C=O) groups excluding carboxylic acids is 2. The van der Waals surface area contributed by atoms with Gasteiger partial charge in [-0.15, -0.1) is 0 Å². The molecule has 0 aromatic heterocycles. The van der Waals surface area contributed by atoms with E-state index < -0.39 is 0 Å². The number of benzene rings is 2. The molecule has 1 heterocycles. The molecule has 18 heavy (non-hydrogen) atoms. The molecule has 0 bridgehead atoms. The molecule has 2 aromatic carbocycles. The number of fused-ring (bicyclic) bond motifs is 1. The number of amides is 1. The molecule has 0 fully saturated rings. The number of rotatable bonds is 2. The number of nitrogens with one attached hydrogen (secondary N) is 1. The fourth-order valence-corrected chi connectivity index (χ4v) is 2.15. The second kappa shape index (κ2) is 4.11. The lowest BCUT2D eigenvalue weighted by Crippen LogP contribution is -2.12. The maximum atomic E-state index is 11.6. The molecule has 1 aliphatic rings. The van der Waals surface area contributed by atoms with Crippen molar-refractivity contribution >= 4 is 12.2 Å². The maximum Gasteiger partial charge on any atom is 0.251 e. The monoisotopic (exact) mass is 237 g/mol. The van der Waals surface area contributed by atoms with Crippen LogP contribution in [0.1, 0.15) is 26.3 Å². The molecule has 3 nitrogen and oxygen atoms in total. The Morgan fingerprint density at radius 3 is 2.44 bits per heavy atom. The van der Waals surface area contributed by atoms with Crippen molar-refractivity contribution in [2.24, 2.45) is 0 Å². The summed E-state index contributed by atoms with van der Waals surface area (Å²) < 4.78 is 0. The molecule has 1 aliphatic heterocycles. The molecule has 0 saturated heterocycles. The van der Waals surface area contributed by atoms with Crippen molar-refractivity contribution in [1.29, 1.82) is 0 Å². The van der Waals surface area contributed by atoms with Crippen molar-refractivity contribution in [1.82, 2.24) is 5.32 Å². The topological polar surface area (TPSA) is 46.2 Å². The van der Waals surface area contributed by atoms with E-state index in [1.807, 2.05) is 30.3 Å². The van der Waals surface area contributed by atoms with Crippen LogP contribution in [0.2, 0.25) is 0 Å². The Morgan fingerprint density at radius 1 is 1.00 bits per heavy atom. The summed E-state index contributed by atoms with van der Waals surface area (Å²) in [7, 11) is 0. The molecular formula is C15H11NO2. The average Bonchev–Trinajstić information content (AvgIpc) is 2.80. The molecule has 3 heteroatoms. The molecule has 0 unspecified atom stereocenters. The van der Waals surface area contributed by atoms with Gasteiger partial charge in [-0.25, -0.2) is 0 Å². The average molecular weight is 237 g/mol. The van der Waals surface area contributed by atoms with Gasteiger partial charge in [0.15, 0.2) is 0 Å². The molecule has 0 aliphatic carbocycles. The lowest BCUT2D eigenvalue weighted by atomic mass is 9.99. The highest BCUT2D eigenvalue weighted by Gasteiger charge is 2.18. The van der Waals surface area contributed by atoms with Crippen LogP contribution in [0.25, 0.3) is 11.1 Å². The molecule has 3 rings (SSSR count). The lowest BCUT2D eigenvalue weighted by Gasteiger charge is -2.04. The third-order valence-corrected chi connectivity index (χ3v) is 3.17. The van der Waals surface area contributed by atoms with Gasteiger partial charge in [0.2, 0.25) is 0 Å². The second-order valence-electron chi connectivity index (χ2n) is 4.29. The summed E-state index contributed by atoms with van der Waals surface area (Å²) in [6.45, 7) is 0.610. The van der Waals surface area contributed by atoms with Crippen molar-refractivity contribution in [3.8, 4) is 11.1 Å². The van der Waals surface area contributed by atoms with Gasteiger partial charge in [0.1, 0.15) is 6.29 Å². The predicted molar refractivity (Wildman–Crippen MR) is 68.4 cm³/mol. The highest BCUT2D eigenvalue weighted by atomic mass is 16.1. The first-order valence-corrected chi connectivity index (χ1v) is 5.75. The van der Waals surface area contributed by atoms with E-state index in [0.717, 1.165) is 28.5 Å². The minimum atomic E-state index is -0.0173. The van der Waals surface area contributed by atoms with Crippen LogP contribution in [0.4, 0.5) is 0 Å². The van der Waals surface area contributed by atoms with E-state index in [0.29, 0.717) is 12.1 Å².